The lowest BCUT2D eigenvalue weighted by Gasteiger charge is -2.33. The van der Waals surface area contributed by atoms with Gasteiger partial charge in [-0.3, -0.25) is 10.2 Å². The zero-order valence-electron chi connectivity index (χ0n) is 16.7. The van der Waals surface area contributed by atoms with Crippen LogP contribution in [0.4, 0.5) is 0 Å². The summed E-state index contributed by atoms with van der Waals surface area (Å²) in [4.78, 5) is 16.1. The monoisotopic (exact) mass is 369 g/mol. The van der Waals surface area contributed by atoms with Crippen molar-refractivity contribution in [2.24, 2.45) is 11.1 Å². The molecule has 6 nitrogen and oxygen atoms in total. The highest BCUT2D eigenvalue weighted by Gasteiger charge is 2.26. The van der Waals surface area contributed by atoms with Gasteiger partial charge < -0.3 is 15.6 Å². The third-order valence-electron chi connectivity index (χ3n) is 5.97. The number of rotatable bonds is 6. The second-order valence-electron chi connectivity index (χ2n) is 8.30. The Hall–Kier alpha value is -2.21. The van der Waals surface area contributed by atoms with Crippen LogP contribution in [-0.4, -0.2) is 28.5 Å². The summed E-state index contributed by atoms with van der Waals surface area (Å²) in [5.41, 5.74) is 9.79. The van der Waals surface area contributed by atoms with E-state index in [1.807, 2.05) is 30.5 Å². The first-order valence-electron chi connectivity index (χ1n) is 9.88. The van der Waals surface area contributed by atoms with Crippen LogP contribution in [0.15, 0.2) is 12.1 Å². The van der Waals surface area contributed by atoms with Crippen molar-refractivity contribution in [1.82, 2.24) is 14.9 Å². The maximum atomic E-state index is 11.8. The van der Waals surface area contributed by atoms with E-state index in [1.165, 1.54) is 32.1 Å². The van der Waals surface area contributed by atoms with E-state index in [0.29, 0.717) is 17.5 Å². The molecule has 0 atom stereocenters. The summed E-state index contributed by atoms with van der Waals surface area (Å²) < 4.78 is 1.85. The van der Waals surface area contributed by atoms with Crippen LogP contribution >= 0.6 is 0 Å². The van der Waals surface area contributed by atoms with E-state index in [-0.39, 0.29) is 11.2 Å². The van der Waals surface area contributed by atoms with Gasteiger partial charge in [0.25, 0.3) is 5.91 Å². The van der Waals surface area contributed by atoms with E-state index < -0.39 is 5.91 Å². The molecule has 0 radical (unpaired) electrons. The maximum absolute atomic E-state index is 11.8. The average molecular weight is 370 g/mol. The van der Waals surface area contributed by atoms with Crippen LogP contribution < -0.4 is 16.5 Å². The molecule has 0 saturated heterocycles. The first-order chi connectivity index (χ1) is 12.8. The number of carbonyl (C=O) groups excluding carboxylic acids is 1. The minimum atomic E-state index is -0.656. The first-order valence-corrected chi connectivity index (χ1v) is 9.88. The maximum Gasteiger partial charge on any atom is 0.271 e. The fraction of sp³-hybridized carbons (Fsp3) is 0.571. The summed E-state index contributed by atoms with van der Waals surface area (Å²) in [5, 5.41) is 12.0. The quantitative estimate of drug-likeness (QED) is 0.683. The lowest BCUT2D eigenvalue weighted by Crippen LogP contribution is -2.37. The third-order valence-corrected chi connectivity index (χ3v) is 5.97. The molecule has 1 aromatic carbocycles. The summed E-state index contributed by atoms with van der Waals surface area (Å²) in [6, 6.07) is 4.01. The van der Waals surface area contributed by atoms with Crippen LogP contribution in [0.1, 0.15) is 60.6 Å². The van der Waals surface area contributed by atoms with E-state index in [1.54, 1.807) is 0 Å². The summed E-state index contributed by atoms with van der Waals surface area (Å²) in [5.74, 6) is -0.656. The molecule has 4 N–H and O–H groups in total. The number of hydrogen-bond acceptors (Lipinski definition) is 4. The van der Waals surface area contributed by atoms with Gasteiger partial charge in [0.1, 0.15) is 0 Å². The molecule has 1 aromatic heterocycles. The fourth-order valence-electron chi connectivity index (χ4n) is 4.08. The van der Waals surface area contributed by atoms with Gasteiger partial charge in [-0.15, -0.1) is 0 Å². The number of aryl methyl sites for hydroxylation is 2. The molecule has 3 rings (SSSR count). The van der Waals surface area contributed by atoms with Crippen LogP contribution in [0, 0.1) is 24.7 Å². The summed E-state index contributed by atoms with van der Waals surface area (Å²) in [7, 11) is 0. The predicted molar refractivity (Wildman–Crippen MR) is 108 cm³/mol. The lowest BCUT2D eigenvalue weighted by atomic mass is 9.76. The number of nitrogens with zero attached hydrogens (tertiary/aromatic N) is 2. The SMILES string of the molecule is Cc1cc2nc(C(N)=O)c(=N)n(CCNCC3(C)CCCCC3)c2cc1C. The zero-order chi connectivity index (χ0) is 19.6. The zero-order valence-corrected chi connectivity index (χ0v) is 16.7. The Labute approximate surface area is 160 Å². The third kappa shape index (κ3) is 4.21. The van der Waals surface area contributed by atoms with Crippen LogP contribution in [0.25, 0.3) is 11.0 Å². The minimum absolute atomic E-state index is 0.0324. The average Bonchev–Trinajstić information content (AvgIpc) is 2.62. The Balaban J connectivity index is 1.84. The Morgan fingerprint density at radius 1 is 1.26 bits per heavy atom. The highest BCUT2D eigenvalue weighted by atomic mass is 16.1. The van der Waals surface area contributed by atoms with Crippen molar-refractivity contribution < 1.29 is 4.79 Å². The lowest BCUT2D eigenvalue weighted by molar-refractivity contribution is 0.0993. The molecule has 1 amide bonds. The summed E-state index contributed by atoms with van der Waals surface area (Å²) in [6.45, 7) is 8.78. The molecule has 146 valence electrons. The number of carbonyl (C=O) groups is 1. The number of fused-ring (bicyclic) bond motifs is 1. The number of hydrogen-bond donors (Lipinski definition) is 3. The number of nitrogens with two attached hydrogens (primary N) is 1. The van der Waals surface area contributed by atoms with Crippen molar-refractivity contribution >= 4 is 16.9 Å². The Morgan fingerprint density at radius 3 is 2.59 bits per heavy atom. The van der Waals surface area contributed by atoms with Gasteiger partial charge in [0.15, 0.2) is 11.2 Å². The highest BCUT2D eigenvalue weighted by molar-refractivity contribution is 5.92. The summed E-state index contributed by atoms with van der Waals surface area (Å²) in [6.07, 6.45) is 6.54. The number of nitrogens with one attached hydrogen (secondary N) is 2. The van der Waals surface area contributed by atoms with Gasteiger partial charge in [-0.2, -0.15) is 0 Å². The fourth-order valence-corrected chi connectivity index (χ4v) is 4.08. The topological polar surface area (TPSA) is 96.8 Å². The van der Waals surface area contributed by atoms with E-state index in [2.05, 4.69) is 17.2 Å². The molecule has 1 fully saturated rings. The van der Waals surface area contributed by atoms with Crippen LogP contribution in [0.2, 0.25) is 0 Å². The molecule has 2 aromatic rings. The molecule has 1 aliphatic rings. The van der Waals surface area contributed by atoms with Gasteiger partial charge in [0.2, 0.25) is 0 Å². The van der Waals surface area contributed by atoms with E-state index in [4.69, 9.17) is 11.1 Å². The molecule has 0 spiro atoms. The summed E-state index contributed by atoms with van der Waals surface area (Å²) >= 11 is 0. The van der Waals surface area contributed by atoms with E-state index in [0.717, 1.165) is 29.7 Å². The molecule has 1 saturated carbocycles. The largest absolute Gasteiger partial charge is 0.364 e. The standard InChI is InChI=1S/C21H31N5O/c1-14-11-16-17(12-15(14)2)26(19(22)18(25-16)20(23)27)10-9-24-13-21(3)7-5-4-6-8-21/h11-12,22,24H,4-10,13H2,1-3H3,(H2,23,27). The van der Waals surface area contributed by atoms with Crippen molar-refractivity contribution in [1.29, 1.82) is 5.41 Å². The Bertz CT molecular complexity index is 909. The van der Waals surface area contributed by atoms with E-state index >= 15 is 0 Å². The van der Waals surface area contributed by atoms with Gasteiger partial charge in [-0.1, -0.05) is 26.2 Å². The van der Waals surface area contributed by atoms with Gasteiger partial charge >= 0.3 is 0 Å². The van der Waals surface area contributed by atoms with Gasteiger partial charge in [-0.05, 0) is 55.4 Å². The molecule has 0 aliphatic heterocycles. The number of amides is 1. The van der Waals surface area contributed by atoms with Gasteiger partial charge in [-0.25, -0.2) is 4.98 Å². The molecule has 1 heterocycles. The first kappa shape index (κ1) is 19.5. The second kappa shape index (κ2) is 7.80. The molecule has 0 unspecified atom stereocenters. The Morgan fingerprint density at radius 2 is 1.93 bits per heavy atom. The van der Waals surface area contributed by atoms with Crippen LogP contribution in [0.5, 0.6) is 0 Å². The smallest absolute Gasteiger partial charge is 0.271 e. The normalized spacial score (nSPS) is 16.6. The van der Waals surface area contributed by atoms with Gasteiger partial charge in [0, 0.05) is 19.6 Å². The number of primary amides is 1. The molecule has 1 aliphatic carbocycles. The van der Waals surface area contributed by atoms with Crippen LogP contribution in [-0.2, 0) is 6.54 Å². The van der Waals surface area contributed by atoms with Crippen molar-refractivity contribution in [3.05, 3.63) is 34.4 Å². The van der Waals surface area contributed by atoms with Gasteiger partial charge in [0.05, 0.1) is 11.0 Å². The van der Waals surface area contributed by atoms with Crippen LogP contribution in [0.3, 0.4) is 0 Å². The highest BCUT2D eigenvalue weighted by Crippen LogP contribution is 2.34. The molecular weight excluding hydrogens is 338 g/mol. The van der Waals surface area contributed by atoms with Crippen molar-refractivity contribution in [3.63, 3.8) is 0 Å². The minimum Gasteiger partial charge on any atom is -0.364 e. The van der Waals surface area contributed by atoms with E-state index in [9.17, 15) is 4.79 Å². The second-order valence-corrected chi connectivity index (χ2v) is 8.30. The Kier molecular flexibility index (Phi) is 5.65. The number of aromatic nitrogens is 2. The molecular formula is C21H31N5O. The number of benzene rings is 1. The molecule has 6 heteroatoms. The van der Waals surface area contributed by atoms with Crippen molar-refractivity contribution in [3.8, 4) is 0 Å². The predicted octanol–water partition coefficient (Wildman–Crippen LogP) is 2.79. The van der Waals surface area contributed by atoms with Crippen molar-refractivity contribution in [2.45, 2.75) is 59.4 Å². The molecule has 27 heavy (non-hydrogen) atoms. The van der Waals surface area contributed by atoms with Crippen molar-refractivity contribution in [2.75, 3.05) is 13.1 Å². The molecule has 0 bridgehead atoms.